The minimum atomic E-state index is 0.604. The third-order valence-corrected chi connectivity index (χ3v) is 1.58. The van der Waals surface area contributed by atoms with Gasteiger partial charge in [0, 0.05) is 6.20 Å². The van der Waals surface area contributed by atoms with Crippen molar-refractivity contribution in [1.82, 2.24) is 20.0 Å². The molecule has 0 aromatic carbocycles. The second-order valence-corrected chi connectivity index (χ2v) is 2.75. The van der Waals surface area contributed by atoms with E-state index in [1.165, 1.54) is 4.80 Å². The molecule has 66 valence electrons. The van der Waals surface area contributed by atoms with E-state index in [1.807, 2.05) is 6.92 Å². The fourth-order valence-electron chi connectivity index (χ4n) is 1.02. The summed E-state index contributed by atoms with van der Waals surface area (Å²) in [4.78, 5) is 5.44. The van der Waals surface area contributed by atoms with E-state index in [0.29, 0.717) is 5.69 Å². The van der Waals surface area contributed by atoms with Crippen molar-refractivity contribution in [3.8, 4) is 5.69 Å². The van der Waals surface area contributed by atoms with Crippen LogP contribution in [0.3, 0.4) is 0 Å². The van der Waals surface area contributed by atoms with E-state index in [9.17, 15) is 0 Å². The van der Waals surface area contributed by atoms with Gasteiger partial charge < -0.3 is 5.73 Å². The van der Waals surface area contributed by atoms with E-state index in [2.05, 4.69) is 15.2 Å². The van der Waals surface area contributed by atoms with Crippen LogP contribution in [0.2, 0.25) is 0 Å². The first-order valence-electron chi connectivity index (χ1n) is 3.85. The molecule has 5 heteroatoms. The topological polar surface area (TPSA) is 69.6 Å². The molecular weight excluding hydrogens is 166 g/mol. The zero-order valence-electron chi connectivity index (χ0n) is 7.18. The van der Waals surface area contributed by atoms with E-state index in [-0.39, 0.29) is 0 Å². The maximum absolute atomic E-state index is 5.57. The number of nitrogens with zero attached hydrogens (tertiary/aromatic N) is 4. The van der Waals surface area contributed by atoms with Gasteiger partial charge in [0.2, 0.25) is 0 Å². The third-order valence-electron chi connectivity index (χ3n) is 1.58. The first kappa shape index (κ1) is 7.72. The highest BCUT2D eigenvalue weighted by molar-refractivity contribution is 5.43. The van der Waals surface area contributed by atoms with Gasteiger partial charge in [0.15, 0.2) is 0 Å². The predicted octanol–water partition coefficient (Wildman–Crippen LogP) is 0.553. The Hall–Kier alpha value is -1.91. The Morgan fingerprint density at radius 3 is 2.77 bits per heavy atom. The van der Waals surface area contributed by atoms with Crippen LogP contribution in [-0.2, 0) is 0 Å². The summed E-state index contributed by atoms with van der Waals surface area (Å²) in [5.41, 5.74) is 7.81. The first-order chi connectivity index (χ1) is 6.25. The molecule has 0 atom stereocenters. The zero-order valence-corrected chi connectivity index (χ0v) is 7.18. The van der Waals surface area contributed by atoms with Crippen molar-refractivity contribution in [2.24, 2.45) is 0 Å². The van der Waals surface area contributed by atoms with Crippen molar-refractivity contribution in [3.05, 3.63) is 30.4 Å². The van der Waals surface area contributed by atoms with Gasteiger partial charge in [-0.3, -0.25) is 4.98 Å². The van der Waals surface area contributed by atoms with E-state index in [1.54, 1.807) is 24.7 Å². The summed E-state index contributed by atoms with van der Waals surface area (Å²) in [5, 5.41) is 8.17. The number of hydrogen-bond acceptors (Lipinski definition) is 4. The molecule has 0 saturated carbocycles. The molecule has 0 saturated heterocycles. The second kappa shape index (κ2) is 2.85. The Morgan fingerprint density at radius 1 is 1.31 bits per heavy atom. The minimum absolute atomic E-state index is 0.604. The van der Waals surface area contributed by atoms with Gasteiger partial charge in [-0.15, -0.1) is 4.80 Å². The Balaban J connectivity index is 2.46. The number of nitrogens with two attached hydrogens (primary N) is 1. The lowest BCUT2D eigenvalue weighted by Crippen LogP contribution is -2.00. The Labute approximate surface area is 75.2 Å². The van der Waals surface area contributed by atoms with Gasteiger partial charge in [-0.25, -0.2) is 0 Å². The van der Waals surface area contributed by atoms with Crippen molar-refractivity contribution in [2.45, 2.75) is 6.92 Å². The largest absolute Gasteiger partial charge is 0.397 e. The second-order valence-electron chi connectivity index (χ2n) is 2.75. The molecule has 0 aliphatic heterocycles. The molecule has 13 heavy (non-hydrogen) atoms. The number of aromatic nitrogens is 4. The Kier molecular flexibility index (Phi) is 1.70. The van der Waals surface area contributed by atoms with Crippen LogP contribution in [0.4, 0.5) is 5.69 Å². The average Bonchev–Trinajstić information content (AvgIpc) is 2.52. The van der Waals surface area contributed by atoms with Crippen LogP contribution >= 0.6 is 0 Å². The molecule has 0 fully saturated rings. The molecule has 0 amide bonds. The van der Waals surface area contributed by atoms with Crippen LogP contribution in [0.25, 0.3) is 5.69 Å². The normalized spacial score (nSPS) is 10.2. The SMILES string of the molecule is Cc1cnn(-c2cncc(N)c2)n1. The standard InChI is InChI=1S/C8H9N5/c1-6-3-11-13(12-6)8-2-7(9)4-10-5-8/h2-5H,9H2,1H3. The lowest BCUT2D eigenvalue weighted by Gasteiger charge is -1.98. The molecule has 0 unspecified atom stereocenters. The monoisotopic (exact) mass is 175 g/mol. The highest BCUT2D eigenvalue weighted by Gasteiger charge is 1.99. The number of nitrogen functional groups attached to an aromatic ring is 1. The van der Waals surface area contributed by atoms with Crippen LogP contribution in [0.5, 0.6) is 0 Å². The summed E-state index contributed by atoms with van der Waals surface area (Å²) in [5.74, 6) is 0. The molecular formula is C8H9N5. The van der Waals surface area contributed by atoms with Crippen LogP contribution < -0.4 is 5.73 Å². The fourth-order valence-corrected chi connectivity index (χ4v) is 1.02. The maximum Gasteiger partial charge on any atom is 0.106 e. The van der Waals surface area contributed by atoms with E-state index in [0.717, 1.165) is 11.4 Å². The highest BCUT2D eigenvalue weighted by Crippen LogP contribution is 2.07. The van der Waals surface area contributed by atoms with Gasteiger partial charge >= 0.3 is 0 Å². The van der Waals surface area contributed by atoms with Crippen molar-refractivity contribution in [2.75, 3.05) is 5.73 Å². The van der Waals surface area contributed by atoms with Crippen LogP contribution in [-0.4, -0.2) is 20.0 Å². The van der Waals surface area contributed by atoms with E-state index in [4.69, 9.17) is 5.73 Å². The van der Waals surface area contributed by atoms with Crippen molar-refractivity contribution in [1.29, 1.82) is 0 Å². The molecule has 0 aliphatic rings. The number of rotatable bonds is 1. The van der Waals surface area contributed by atoms with Crippen molar-refractivity contribution >= 4 is 5.69 Å². The summed E-state index contributed by atoms with van der Waals surface area (Å²) in [7, 11) is 0. The number of anilines is 1. The fraction of sp³-hybridized carbons (Fsp3) is 0.125. The molecule has 2 heterocycles. The van der Waals surface area contributed by atoms with Gasteiger partial charge in [0.1, 0.15) is 5.69 Å². The lowest BCUT2D eigenvalue weighted by molar-refractivity contribution is 0.742. The summed E-state index contributed by atoms with van der Waals surface area (Å²) < 4.78 is 0. The predicted molar refractivity (Wildman–Crippen MR) is 48.3 cm³/mol. The summed E-state index contributed by atoms with van der Waals surface area (Å²) in [6.45, 7) is 1.88. The van der Waals surface area contributed by atoms with Gasteiger partial charge in [0.05, 0.1) is 23.8 Å². The molecule has 0 aliphatic carbocycles. The smallest absolute Gasteiger partial charge is 0.106 e. The molecule has 2 aromatic rings. The molecule has 0 bridgehead atoms. The Morgan fingerprint density at radius 2 is 2.15 bits per heavy atom. The average molecular weight is 175 g/mol. The van der Waals surface area contributed by atoms with Crippen molar-refractivity contribution < 1.29 is 0 Å². The van der Waals surface area contributed by atoms with E-state index < -0.39 is 0 Å². The molecule has 0 radical (unpaired) electrons. The van der Waals surface area contributed by atoms with E-state index >= 15 is 0 Å². The molecule has 0 spiro atoms. The van der Waals surface area contributed by atoms with Gasteiger partial charge in [-0.1, -0.05) is 0 Å². The van der Waals surface area contributed by atoms with Gasteiger partial charge in [-0.2, -0.15) is 10.2 Å². The molecule has 2 N–H and O–H groups in total. The van der Waals surface area contributed by atoms with Crippen LogP contribution in [0.15, 0.2) is 24.7 Å². The number of hydrogen-bond donors (Lipinski definition) is 1. The van der Waals surface area contributed by atoms with Crippen LogP contribution in [0, 0.1) is 6.92 Å². The third kappa shape index (κ3) is 1.48. The number of aryl methyl sites for hydroxylation is 1. The van der Waals surface area contributed by atoms with Crippen molar-refractivity contribution in [3.63, 3.8) is 0 Å². The maximum atomic E-state index is 5.57. The highest BCUT2D eigenvalue weighted by atomic mass is 15.5. The summed E-state index contributed by atoms with van der Waals surface area (Å²) in [6.07, 6.45) is 4.93. The summed E-state index contributed by atoms with van der Waals surface area (Å²) >= 11 is 0. The van der Waals surface area contributed by atoms with Gasteiger partial charge in [-0.05, 0) is 13.0 Å². The van der Waals surface area contributed by atoms with Gasteiger partial charge in [0.25, 0.3) is 0 Å². The molecule has 5 nitrogen and oxygen atoms in total. The molecule has 2 aromatic heterocycles. The summed E-state index contributed by atoms with van der Waals surface area (Å²) in [6, 6.07) is 1.77. The lowest BCUT2D eigenvalue weighted by atomic mass is 10.4. The Bertz CT molecular complexity index is 420. The number of pyridine rings is 1. The minimum Gasteiger partial charge on any atom is -0.397 e. The van der Waals surface area contributed by atoms with Crippen LogP contribution in [0.1, 0.15) is 5.69 Å². The first-order valence-corrected chi connectivity index (χ1v) is 3.85. The quantitative estimate of drug-likeness (QED) is 0.687. The zero-order chi connectivity index (χ0) is 9.26. The molecule has 2 rings (SSSR count).